The van der Waals surface area contributed by atoms with E-state index in [2.05, 4.69) is 5.32 Å². The van der Waals surface area contributed by atoms with Gasteiger partial charge in [0.15, 0.2) is 4.87 Å². The molecule has 6 nitrogen and oxygen atoms in total. The molecule has 8 heteroatoms. The van der Waals surface area contributed by atoms with E-state index in [4.69, 9.17) is 11.6 Å². The maximum atomic E-state index is 13.2. The SMILES string of the molecule is O=C1[C@@H]2CS[C@@]3(C(=O)Nc4ccccc43)N2C(=O)N1Cc1ccc(Cl)cc1. The number of thioether (sulfide) groups is 1. The van der Waals surface area contributed by atoms with Crippen molar-refractivity contribution in [2.75, 3.05) is 11.1 Å². The average Bonchev–Trinajstić information content (AvgIpc) is 3.27. The van der Waals surface area contributed by atoms with Crippen molar-refractivity contribution < 1.29 is 14.4 Å². The van der Waals surface area contributed by atoms with E-state index < -0.39 is 16.9 Å². The van der Waals surface area contributed by atoms with Crippen LogP contribution in [0.3, 0.4) is 0 Å². The van der Waals surface area contributed by atoms with Crippen LogP contribution in [0.4, 0.5) is 10.5 Å². The largest absolute Gasteiger partial charge is 0.329 e. The summed E-state index contributed by atoms with van der Waals surface area (Å²) in [6.07, 6.45) is 0. The summed E-state index contributed by atoms with van der Waals surface area (Å²) >= 11 is 7.25. The zero-order chi connectivity index (χ0) is 18.8. The van der Waals surface area contributed by atoms with Gasteiger partial charge in [0.1, 0.15) is 6.04 Å². The minimum Gasteiger partial charge on any atom is -0.323 e. The van der Waals surface area contributed by atoms with Crippen molar-refractivity contribution in [3.8, 4) is 0 Å². The number of para-hydroxylation sites is 1. The summed E-state index contributed by atoms with van der Waals surface area (Å²) in [4.78, 5) is 40.5. The number of imide groups is 1. The summed E-state index contributed by atoms with van der Waals surface area (Å²) in [7, 11) is 0. The molecule has 1 N–H and O–H groups in total. The molecule has 0 aliphatic carbocycles. The second-order valence-electron chi connectivity index (χ2n) is 6.67. The Morgan fingerprint density at radius 3 is 2.63 bits per heavy atom. The predicted octanol–water partition coefficient (Wildman–Crippen LogP) is 3.02. The van der Waals surface area contributed by atoms with Crippen LogP contribution in [0.5, 0.6) is 0 Å². The van der Waals surface area contributed by atoms with Gasteiger partial charge in [0.05, 0.1) is 6.54 Å². The van der Waals surface area contributed by atoms with E-state index in [-0.39, 0.29) is 18.4 Å². The van der Waals surface area contributed by atoms with Crippen LogP contribution >= 0.6 is 23.4 Å². The molecule has 1 spiro atoms. The number of carbonyl (C=O) groups is 3. The molecule has 0 bridgehead atoms. The summed E-state index contributed by atoms with van der Waals surface area (Å²) in [5.74, 6) is -0.147. The predicted molar refractivity (Wildman–Crippen MR) is 102 cm³/mol. The molecular formula is C19H14ClN3O3S. The minimum absolute atomic E-state index is 0.159. The number of halogens is 1. The standard InChI is InChI=1S/C19H14ClN3O3S/c20-12-7-5-11(6-8-12)9-22-16(24)15-10-27-19(23(15)18(22)26)13-3-1-2-4-14(13)21-17(19)25/h1-8,15H,9-10H2,(H,21,25)/t15-,19-/m0/s1. The molecule has 2 aromatic carbocycles. The summed E-state index contributed by atoms with van der Waals surface area (Å²) in [5.41, 5.74) is 2.23. The van der Waals surface area contributed by atoms with E-state index in [1.165, 1.54) is 21.6 Å². The zero-order valence-corrected chi connectivity index (χ0v) is 15.6. The van der Waals surface area contributed by atoms with Gasteiger partial charge in [-0.2, -0.15) is 0 Å². The Morgan fingerprint density at radius 1 is 1.11 bits per heavy atom. The molecule has 3 heterocycles. The monoisotopic (exact) mass is 399 g/mol. The third kappa shape index (κ3) is 2.18. The van der Waals surface area contributed by atoms with Crippen molar-refractivity contribution in [1.82, 2.24) is 9.80 Å². The number of amides is 4. The van der Waals surface area contributed by atoms with E-state index in [1.54, 1.807) is 24.3 Å². The number of hydrogen-bond acceptors (Lipinski definition) is 4. The highest BCUT2D eigenvalue weighted by molar-refractivity contribution is 8.01. The maximum absolute atomic E-state index is 13.2. The van der Waals surface area contributed by atoms with Crippen LogP contribution in [0.1, 0.15) is 11.1 Å². The molecule has 3 aliphatic rings. The van der Waals surface area contributed by atoms with E-state index in [1.807, 2.05) is 24.3 Å². The van der Waals surface area contributed by atoms with Gasteiger partial charge in [0.2, 0.25) is 0 Å². The summed E-state index contributed by atoms with van der Waals surface area (Å²) in [6, 6.07) is 13.3. The molecule has 2 aromatic rings. The van der Waals surface area contributed by atoms with Crippen LogP contribution in [0.2, 0.25) is 5.02 Å². The number of urea groups is 1. The highest BCUT2D eigenvalue weighted by Crippen LogP contribution is 2.55. The van der Waals surface area contributed by atoms with Crippen molar-refractivity contribution in [3.63, 3.8) is 0 Å². The fraction of sp³-hybridized carbons (Fsp3) is 0.211. The molecule has 2 saturated heterocycles. The van der Waals surface area contributed by atoms with Gasteiger partial charge in [-0.3, -0.25) is 19.4 Å². The number of rotatable bonds is 2. The quantitative estimate of drug-likeness (QED) is 0.788. The van der Waals surface area contributed by atoms with E-state index in [9.17, 15) is 14.4 Å². The first-order valence-corrected chi connectivity index (χ1v) is 9.83. The van der Waals surface area contributed by atoms with Crippen LogP contribution < -0.4 is 5.32 Å². The molecule has 2 atom stereocenters. The van der Waals surface area contributed by atoms with Crippen molar-refractivity contribution in [3.05, 3.63) is 64.7 Å². The average molecular weight is 400 g/mol. The van der Waals surface area contributed by atoms with Crippen LogP contribution in [0, 0.1) is 0 Å². The highest BCUT2D eigenvalue weighted by atomic mass is 35.5. The smallest absolute Gasteiger partial charge is 0.323 e. The Hall–Kier alpha value is -2.51. The maximum Gasteiger partial charge on any atom is 0.329 e. The minimum atomic E-state index is -1.18. The Labute approximate surface area is 164 Å². The third-order valence-electron chi connectivity index (χ3n) is 5.19. The van der Waals surface area contributed by atoms with Crippen LogP contribution in [0.25, 0.3) is 0 Å². The lowest BCUT2D eigenvalue weighted by molar-refractivity contribution is -0.128. The lowest BCUT2D eigenvalue weighted by Gasteiger charge is -2.31. The summed E-state index contributed by atoms with van der Waals surface area (Å²) < 4.78 is 0. The highest BCUT2D eigenvalue weighted by Gasteiger charge is 2.65. The normalized spacial score (nSPS) is 26.0. The third-order valence-corrected chi connectivity index (χ3v) is 6.95. The number of hydrogen-bond donors (Lipinski definition) is 1. The first kappa shape index (κ1) is 16.6. The van der Waals surface area contributed by atoms with Crippen molar-refractivity contribution >= 4 is 46.9 Å². The Bertz CT molecular complexity index is 996. The van der Waals surface area contributed by atoms with Crippen LogP contribution in [0.15, 0.2) is 48.5 Å². The number of benzene rings is 2. The number of carbonyl (C=O) groups excluding carboxylic acids is 3. The summed E-state index contributed by atoms with van der Waals surface area (Å²) in [5, 5.41) is 3.44. The van der Waals surface area contributed by atoms with Gasteiger partial charge < -0.3 is 5.32 Å². The molecule has 27 heavy (non-hydrogen) atoms. The topological polar surface area (TPSA) is 69.7 Å². The van der Waals surface area contributed by atoms with E-state index >= 15 is 0 Å². The fourth-order valence-corrected chi connectivity index (χ4v) is 5.61. The van der Waals surface area contributed by atoms with E-state index in [0.29, 0.717) is 16.5 Å². The van der Waals surface area contributed by atoms with Crippen molar-refractivity contribution in [2.45, 2.75) is 17.5 Å². The van der Waals surface area contributed by atoms with Gasteiger partial charge in [0, 0.05) is 22.0 Å². The summed E-state index contributed by atoms with van der Waals surface area (Å²) in [6.45, 7) is 0.159. The molecule has 136 valence electrons. The molecule has 5 rings (SSSR count). The Morgan fingerprint density at radius 2 is 1.85 bits per heavy atom. The molecule has 3 aliphatic heterocycles. The van der Waals surface area contributed by atoms with Gasteiger partial charge in [-0.15, -0.1) is 11.8 Å². The first-order valence-electron chi connectivity index (χ1n) is 8.46. The second-order valence-corrected chi connectivity index (χ2v) is 8.32. The molecule has 0 unspecified atom stereocenters. The molecule has 0 saturated carbocycles. The molecular weight excluding hydrogens is 386 g/mol. The van der Waals surface area contributed by atoms with Crippen molar-refractivity contribution in [2.24, 2.45) is 0 Å². The van der Waals surface area contributed by atoms with Gasteiger partial charge in [0.25, 0.3) is 11.8 Å². The second kappa shape index (κ2) is 5.74. The number of nitrogens with zero attached hydrogens (tertiary/aromatic N) is 2. The van der Waals surface area contributed by atoms with Gasteiger partial charge in [-0.1, -0.05) is 41.9 Å². The molecule has 0 aromatic heterocycles. The van der Waals surface area contributed by atoms with Gasteiger partial charge in [-0.05, 0) is 23.8 Å². The molecule has 2 fully saturated rings. The van der Waals surface area contributed by atoms with Crippen LogP contribution in [-0.2, 0) is 21.0 Å². The molecule has 4 amide bonds. The molecule has 0 radical (unpaired) electrons. The number of nitrogens with one attached hydrogen (secondary N) is 1. The number of anilines is 1. The Balaban J connectivity index is 1.53. The Kier molecular flexibility index (Phi) is 3.54. The lowest BCUT2D eigenvalue weighted by Crippen LogP contribution is -2.49. The first-order chi connectivity index (χ1) is 13.0. The lowest BCUT2D eigenvalue weighted by atomic mass is 10.1. The van der Waals surface area contributed by atoms with Gasteiger partial charge >= 0.3 is 6.03 Å². The fourth-order valence-electron chi connectivity index (χ4n) is 3.93. The van der Waals surface area contributed by atoms with Gasteiger partial charge in [-0.25, -0.2) is 4.79 Å². The van der Waals surface area contributed by atoms with Crippen molar-refractivity contribution in [1.29, 1.82) is 0 Å². The number of fused-ring (bicyclic) bond motifs is 4. The zero-order valence-electron chi connectivity index (χ0n) is 14.0. The van der Waals surface area contributed by atoms with Crippen LogP contribution in [-0.4, -0.2) is 39.4 Å². The van der Waals surface area contributed by atoms with E-state index in [0.717, 1.165) is 11.1 Å².